The first-order valence-corrected chi connectivity index (χ1v) is 9.78. The average molecular weight is 415 g/mol. The number of carbonyl (C=O) groups is 3. The predicted octanol–water partition coefficient (Wildman–Crippen LogP) is 1.65. The molecule has 10 nitrogen and oxygen atoms in total. The summed E-state index contributed by atoms with van der Waals surface area (Å²) in [5.41, 5.74) is -0.466. The van der Waals surface area contributed by atoms with Crippen LogP contribution >= 0.6 is 0 Å². The van der Waals surface area contributed by atoms with Crippen LogP contribution < -0.4 is 5.32 Å². The van der Waals surface area contributed by atoms with Crippen molar-refractivity contribution in [2.45, 2.75) is 44.6 Å². The SMILES string of the molecule is Cc1nnnn1-c1cc(NC(=O)CN2C(=O)N(C)C3(CCCCC3)C2=O)ccc1F. The van der Waals surface area contributed by atoms with E-state index in [4.69, 9.17) is 0 Å². The van der Waals surface area contributed by atoms with Crippen molar-refractivity contribution in [3.63, 3.8) is 0 Å². The predicted molar refractivity (Wildman–Crippen MR) is 103 cm³/mol. The van der Waals surface area contributed by atoms with Crippen LogP contribution in [0, 0.1) is 12.7 Å². The highest BCUT2D eigenvalue weighted by Gasteiger charge is 2.55. The van der Waals surface area contributed by atoms with Gasteiger partial charge in [0.2, 0.25) is 5.91 Å². The van der Waals surface area contributed by atoms with Crippen LogP contribution in [0.1, 0.15) is 37.9 Å². The Morgan fingerprint density at radius 1 is 1.23 bits per heavy atom. The van der Waals surface area contributed by atoms with E-state index >= 15 is 0 Å². The summed E-state index contributed by atoms with van der Waals surface area (Å²) < 4.78 is 15.4. The number of aromatic nitrogens is 4. The molecule has 2 aliphatic rings. The van der Waals surface area contributed by atoms with Crippen molar-refractivity contribution in [2.75, 3.05) is 18.9 Å². The van der Waals surface area contributed by atoms with Crippen LogP contribution in [0.4, 0.5) is 14.9 Å². The lowest BCUT2D eigenvalue weighted by Gasteiger charge is -2.35. The average Bonchev–Trinajstić information content (AvgIpc) is 3.23. The van der Waals surface area contributed by atoms with Crippen LogP contribution in [0.5, 0.6) is 0 Å². The minimum Gasteiger partial charge on any atom is -0.324 e. The molecule has 1 saturated carbocycles. The second-order valence-electron chi connectivity index (χ2n) is 7.68. The largest absolute Gasteiger partial charge is 0.327 e. The third-order valence-electron chi connectivity index (χ3n) is 5.87. The standard InChI is InChI=1S/C19H22FN7O3/c1-12-22-23-24-27(12)15-10-13(6-7-14(15)20)21-16(28)11-26-17(29)19(25(2)18(26)30)8-4-3-5-9-19/h6-7,10H,3-5,8-9,11H2,1-2H3,(H,21,28). The summed E-state index contributed by atoms with van der Waals surface area (Å²) in [7, 11) is 1.62. The number of imide groups is 1. The number of hydrogen-bond acceptors (Lipinski definition) is 6. The number of rotatable bonds is 4. The van der Waals surface area contributed by atoms with Crippen LogP contribution in [0.25, 0.3) is 5.69 Å². The quantitative estimate of drug-likeness (QED) is 0.760. The van der Waals surface area contributed by atoms with Crippen molar-refractivity contribution in [3.8, 4) is 5.69 Å². The number of amides is 4. The zero-order valence-corrected chi connectivity index (χ0v) is 16.8. The van der Waals surface area contributed by atoms with Crippen molar-refractivity contribution < 1.29 is 18.8 Å². The number of urea groups is 1. The van der Waals surface area contributed by atoms with Gasteiger partial charge in [-0.15, -0.1) is 5.10 Å². The van der Waals surface area contributed by atoms with Crippen LogP contribution in [-0.4, -0.2) is 67.0 Å². The molecule has 4 rings (SSSR count). The van der Waals surface area contributed by atoms with Crippen LogP contribution in [0.2, 0.25) is 0 Å². The second-order valence-corrected chi connectivity index (χ2v) is 7.68. The number of anilines is 1. The number of tetrazole rings is 1. The Bertz CT molecular complexity index is 1020. The normalized spacial score (nSPS) is 18.4. The van der Waals surface area contributed by atoms with Crippen molar-refractivity contribution >= 4 is 23.5 Å². The number of likely N-dealkylation sites (N-methyl/N-ethyl adjacent to an activating group) is 1. The van der Waals surface area contributed by atoms with Crippen LogP contribution in [0.3, 0.4) is 0 Å². The number of nitrogens with zero attached hydrogens (tertiary/aromatic N) is 6. The first kappa shape index (κ1) is 19.9. The van der Waals surface area contributed by atoms with Gasteiger partial charge in [0, 0.05) is 12.7 Å². The molecular formula is C19H22FN7O3. The van der Waals surface area contributed by atoms with E-state index in [1.54, 1.807) is 14.0 Å². The van der Waals surface area contributed by atoms with Gasteiger partial charge < -0.3 is 10.2 Å². The Balaban J connectivity index is 1.50. The highest BCUT2D eigenvalue weighted by atomic mass is 19.1. The number of benzene rings is 1. The molecule has 2 fully saturated rings. The van der Waals surface area contributed by atoms with Gasteiger partial charge in [-0.3, -0.25) is 14.5 Å². The number of carbonyl (C=O) groups excluding carboxylic acids is 3. The van der Waals surface area contributed by atoms with Gasteiger partial charge in [-0.05, 0) is 48.4 Å². The molecule has 158 valence electrons. The maximum absolute atomic E-state index is 14.2. The fraction of sp³-hybridized carbons (Fsp3) is 0.474. The van der Waals surface area contributed by atoms with E-state index in [2.05, 4.69) is 20.8 Å². The molecule has 0 atom stereocenters. The third-order valence-corrected chi connectivity index (χ3v) is 5.87. The Hall–Kier alpha value is -3.37. The molecule has 1 aromatic heterocycles. The molecule has 1 aliphatic heterocycles. The second kappa shape index (κ2) is 7.47. The summed E-state index contributed by atoms with van der Waals surface area (Å²) in [5.74, 6) is -1.06. The monoisotopic (exact) mass is 415 g/mol. The van der Waals surface area contributed by atoms with Gasteiger partial charge >= 0.3 is 6.03 Å². The molecule has 4 amide bonds. The van der Waals surface area contributed by atoms with Gasteiger partial charge in [0.25, 0.3) is 5.91 Å². The summed E-state index contributed by atoms with van der Waals surface area (Å²) in [4.78, 5) is 40.7. The van der Waals surface area contributed by atoms with Gasteiger partial charge in [-0.2, -0.15) is 4.68 Å². The maximum atomic E-state index is 14.2. The van der Waals surface area contributed by atoms with Gasteiger partial charge in [0.1, 0.15) is 23.6 Å². The first-order chi connectivity index (χ1) is 14.3. The lowest BCUT2D eigenvalue weighted by molar-refractivity contribution is -0.136. The highest BCUT2D eigenvalue weighted by molar-refractivity contribution is 6.10. The van der Waals surface area contributed by atoms with Crippen LogP contribution in [0.15, 0.2) is 18.2 Å². The van der Waals surface area contributed by atoms with Gasteiger partial charge in [-0.25, -0.2) is 9.18 Å². The van der Waals surface area contributed by atoms with Crippen molar-refractivity contribution in [1.29, 1.82) is 0 Å². The van der Waals surface area contributed by atoms with E-state index in [-0.39, 0.29) is 11.6 Å². The Kier molecular flexibility index (Phi) is 4.96. The minimum atomic E-state index is -0.837. The third kappa shape index (κ3) is 3.19. The summed E-state index contributed by atoms with van der Waals surface area (Å²) in [6, 6.07) is 3.49. The highest BCUT2D eigenvalue weighted by Crippen LogP contribution is 2.39. The maximum Gasteiger partial charge on any atom is 0.327 e. The molecule has 30 heavy (non-hydrogen) atoms. The summed E-state index contributed by atoms with van der Waals surface area (Å²) in [6.45, 7) is 1.22. The number of aryl methyl sites for hydroxylation is 1. The van der Waals surface area contributed by atoms with Gasteiger partial charge in [0.05, 0.1) is 0 Å². The summed E-state index contributed by atoms with van der Waals surface area (Å²) in [6.07, 6.45) is 4.00. The topological polar surface area (TPSA) is 113 Å². The molecule has 1 aromatic carbocycles. The van der Waals surface area contributed by atoms with Crippen molar-refractivity contribution in [1.82, 2.24) is 30.0 Å². The van der Waals surface area contributed by atoms with Gasteiger partial charge in [-0.1, -0.05) is 19.3 Å². The lowest BCUT2D eigenvalue weighted by atomic mass is 9.81. The number of hydrogen-bond donors (Lipinski definition) is 1. The molecule has 1 spiro atoms. The van der Waals surface area contributed by atoms with E-state index in [0.717, 1.165) is 24.2 Å². The van der Waals surface area contributed by atoms with Crippen LogP contribution in [-0.2, 0) is 9.59 Å². The Morgan fingerprint density at radius 2 is 1.97 bits per heavy atom. The fourth-order valence-corrected chi connectivity index (χ4v) is 4.22. The zero-order valence-electron chi connectivity index (χ0n) is 16.8. The molecule has 11 heteroatoms. The Labute approximate surface area is 172 Å². The minimum absolute atomic E-state index is 0.0736. The summed E-state index contributed by atoms with van der Waals surface area (Å²) in [5, 5.41) is 13.5. The molecule has 1 N–H and O–H groups in total. The molecule has 2 aromatic rings. The van der Waals surface area contributed by atoms with E-state index in [1.165, 1.54) is 27.8 Å². The molecule has 0 unspecified atom stereocenters. The molecule has 1 aliphatic carbocycles. The number of nitrogens with one attached hydrogen (secondary N) is 1. The molecule has 0 bridgehead atoms. The Morgan fingerprint density at radius 3 is 2.63 bits per heavy atom. The van der Waals surface area contributed by atoms with E-state index in [9.17, 15) is 18.8 Å². The van der Waals surface area contributed by atoms with E-state index < -0.39 is 29.8 Å². The molecule has 1 saturated heterocycles. The van der Waals surface area contributed by atoms with Crippen molar-refractivity contribution in [2.24, 2.45) is 0 Å². The smallest absolute Gasteiger partial charge is 0.324 e. The number of halogens is 1. The van der Waals surface area contributed by atoms with Gasteiger partial charge in [0.15, 0.2) is 5.82 Å². The van der Waals surface area contributed by atoms with E-state index in [0.29, 0.717) is 24.4 Å². The molecular weight excluding hydrogens is 393 g/mol. The first-order valence-electron chi connectivity index (χ1n) is 9.78. The zero-order chi connectivity index (χ0) is 21.5. The fourth-order valence-electron chi connectivity index (χ4n) is 4.22. The molecule has 2 heterocycles. The van der Waals surface area contributed by atoms with E-state index in [1.807, 2.05) is 0 Å². The molecule has 0 radical (unpaired) electrons. The van der Waals surface area contributed by atoms with Crippen molar-refractivity contribution in [3.05, 3.63) is 29.8 Å². The lowest BCUT2D eigenvalue weighted by Crippen LogP contribution is -2.49. The summed E-state index contributed by atoms with van der Waals surface area (Å²) >= 11 is 0.